The van der Waals surface area contributed by atoms with E-state index in [0.29, 0.717) is 18.1 Å². The number of aromatic nitrogens is 2. The first-order valence-electron chi connectivity index (χ1n) is 5.73. The third-order valence-electron chi connectivity index (χ3n) is 2.62. The number of rotatable bonds is 6. The van der Waals surface area contributed by atoms with E-state index in [1.54, 1.807) is 0 Å². The van der Waals surface area contributed by atoms with E-state index >= 15 is 0 Å². The number of anilines is 1. The van der Waals surface area contributed by atoms with Crippen LogP contribution < -0.4 is 5.73 Å². The van der Waals surface area contributed by atoms with Gasteiger partial charge in [-0.3, -0.25) is 4.90 Å². The van der Waals surface area contributed by atoms with Crippen LogP contribution in [-0.4, -0.2) is 32.7 Å². The molecule has 0 aliphatic carbocycles. The van der Waals surface area contributed by atoms with Gasteiger partial charge in [-0.2, -0.15) is 0 Å². The zero-order valence-electron chi connectivity index (χ0n) is 9.99. The van der Waals surface area contributed by atoms with Gasteiger partial charge in [0, 0.05) is 31.2 Å². The first-order valence-corrected chi connectivity index (χ1v) is 6.51. The molecule has 0 aliphatic rings. The Bertz CT molecular complexity index is 474. The van der Waals surface area contributed by atoms with Crippen molar-refractivity contribution in [3.63, 3.8) is 0 Å². The number of aliphatic hydroxyl groups excluding tert-OH is 1. The van der Waals surface area contributed by atoms with Crippen LogP contribution in [0.15, 0.2) is 30.3 Å². The molecule has 1 heterocycles. The van der Waals surface area contributed by atoms with Crippen LogP contribution in [0.25, 0.3) is 0 Å². The molecule has 0 saturated carbocycles. The van der Waals surface area contributed by atoms with Gasteiger partial charge in [0.25, 0.3) is 0 Å². The van der Waals surface area contributed by atoms with E-state index in [0.717, 1.165) is 12.2 Å². The molecule has 0 atom stereocenters. The minimum atomic E-state index is 0.115. The number of aliphatic hydroxyl groups is 1. The summed E-state index contributed by atoms with van der Waals surface area (Å²) < 4.78 is 3.82. The van der Waals surface area contributed by atoms with Crippen LogP contribution in [0.5, 0.6) is 0 Å². The number of benzene rings is 1. The number of hydrogen-bond donors (Lipinski definition) is 2. The van der Waals surface area contributed by atoms with Crippen molar-refractivity contribution in [2.45, 2.75) is 13.1 Å². The van der Waals surface area contributed by atoms with Gasteiger partial charge in [0.05, 0.1) is 6.61 Å². The van der Waals surface area contributed by atoms with E-state index < -0.39 is 0 Å². The van der Waals surface area contributed by atoms with E-state index in [2.05, 4.69) is 26.6 Å². The lowest BCUT2D eigenvalue weighted by molar-refractivity contribution is 0.183. The Labute approximate surface area is 110 Å². The molecule has 2 rings (SSSR count). The second kappa shape index (κ2) is 6.44. The first kappa shape index (κ1) is 12.9. The quantitative estimate of drug-likeness (QED) is 0.817. The summed E-state index contributed by atoms with van der Waals surface area (Å²) in [6.07, 6.45) is 0. The number of nitrogen functional groups attached to an aromatic ring is 1. The van der Waals surface area contributed by atoms with E-state index in [1.807, 2.05) is 18.2 Å². The van der Waals surface area contributed by atoms with E-state index in [9.17, 15) is 0 Å². The smallest absolute Gasteiger partial charge is 0.132 e. The third kappa shape index (κ3) is 3.49. The lowest BCUT2D eigenvalue weighted by atomic mass is 10.2. The van der Waals surface area contributed by atoms with Gasteiger partial charge in [0.15, 0.2) is 0 Å². The molecule has 1 aromatic carbocycles. The van der Waals surface area contributed by atoms with Gasteiger partial charge in [-0.25, -0.2) is 0 Å². The Balaban J connectivity index is 2.02. The highest BCUT2D eigenvalue weighted by atomic mass is 32.1. The van der Waals surface area contributed by atoms with Crippen molar-refractivity contribution in [1.29, 1.82) is 0 Å². The van der Waals surface area contributed by atoms with Crippen LogP contribution >= 0.6 is 11.5 Å². The Hall–Kier alpha value is -1.50. The molecule has 0 amide bonds. The maximum absolute atomic E-state index is 9.11. The zero-order chi connectivity index (χ0) is 12.8. The molecule has 1 aromatic heterocycles. The van der Waals surface area contributed by atoms with Gasteiger partial charge < -0.3 is 10.8 Å². The molecule has 0 radical (unpaired) electrons. The molecule has 0 unspecified atom stereocenters. The molecule has 5 nitrogen and oxygen atoms in total. The maximum Gasteiger partial charge on any atom is 0.132 e. The standard InChI is InChI=1S/C12H16N4OS/c13-12-11(14-15-18-12)9-16(6-7-17)8-10-4-2-1-3-5-10/h1-5,17H,6-9,13H2. The van der Waals surface area contributed by atoms with E-state index in [1.165, 1.54) is 17.1 Å². The Morgan fingerprint density at radius 1 is 1.22 bits per heavy atom. The number of hydrogen-bond acceptors (Lipinski definition) is 6. The van der Waals surface area contributed by atoms with Crippen LogP contribution in [-0.2, 0) is 13.1 Å². The number of nitrogens with two attached hydrogens (primary N) is 1. The van der Waals surface area contributed by atoms with Gasteiger partial charge in [-0.1, -0.05) is 34.8 Å². The van der Waals surface area contributed by atoms with Crippen molar-refractivity contribution >= 4 is 16.5 Å². The molecular weight excluding hydrogens is 248 g/mol. The van der Waals surface area contributed by atoms with Crippen molar-refractivity contribution in [3.05, 3.63) is 41.6 Å². The molecule has 2 aromatic rings. The summed E-state index contributed by atoms with van der Waals surface area (Å²) in [5.41, 5.74) is 7.77. The average molecular weight is 264 g/mol. The highest BCUT2D eigenvalue weighted by Gasteiger charge is 2.11. The van der Waals surface area contributed by atoms with Crippen molar-refractivity contribution in [1.82, 2.24) is 14.5 Å². The van der Waals surface area contributed by atoms with Gasteiger partial charge in [-0.05, 0) is 5.56 Å². The minimum Gasteiger partial charge on any atom is -0.395 e. The second-order valence-corrected chi connectivity index (χ2v) is 4.79. The highest BCUT2D eigenvalue weighted by Crippen LogP contribution is 2.16. The molecule has 0 fully saturated rings. The summed E-state index contributed by atoms with van der Waals surface area (Å²) in [5.74, 6) is 0. The fourth-order valence-corrected chi connectivity index (χ4v) is 2.17. The van der Waals surface area contributed by atoms with Crippen molar-refractivity contribution in [2.75, 3.05) is 18.9 Å². The molecule has 0 saturated heterocycles. The fourth-order valence-electron chi connectivity index (χ4n) is 1.73. The summed E-state index contributed by atoms with van der Waals surface area (Å²) in [6.45, 7) is 2.08. The van der Waals surface area contributed by atoms with E-state index in [-0.39, 0.29) is 6.61 Å². The van der Waals surface area contributed by atoms with Gasteiger partial charge in [0.1, 0.15) is 10.7 Å². The summed E-state index contributed by atoms with van der Waals surface area (Å²) in [5, 5.41) is 13.8. The third-order valence-corrected chi connectivity index (χ3v) is 3.22. The summed E-state index contributed by atoms with van der Waals surface area (Å²) in [6, 6.07) is 10.1. The fraction of sp³-hybridized carbons (Fsp3) is 0.333. The molecule has 18 heavy (non-hydrogen) atoms. The lowest BCUT2D eigenvalue weighted by Gasteiger charge is -2.20. The molecule has 0 aliphatic heterocycles. The Kier molecular flexibility index (Phi) is 4.63. The van der Waals surface area contributed by atoms with Crippen LogP contribution in [0.1, 0.15) is 11.3 Å². The molecule has 0 bridgehead atoms. The summed E-state index contributed by atoms with van der Waals surface area (Å²) in [7, 11) is 0. The van der Waals surface area contributed by atoms with Crippen molar-refractivity contribution < 1.29 is 5.11 Å². The van der Waals surface area contributed by atoms with Gasteiger partial charge in [-0.15, -0.1) is 5.10 Å². The second-order valence-electron chi connectivity index (χ2n) is 4.00. The van der Waals surface area contributed by atoms with Crippen LogP contribution in [0.4, 0.5) is 5.00 Å². The molecule has 96 valence electrons. The topological polar surface area (TPSA) is 75.3 Å². The highest BCUT2D eigenvalue weighted by molar-refractivity contribution is 7.09. The number of nitrogens with zero attached hydrogens (tertiary/aromatic N) is 3. The predicted octanol–water partition coefficient (Wildman–Crippen LogP) is 1.11. The monoisotopic (exact) mass is 264 g/mol. The van der Waals surface area contributed by atoms with Crippen LogP contribution in [0.3, 0.4) is 0 Å². The molecule has 6 heteroatoms. The average Bonchev–Trinajstić information content (AvgIpc) is 2.77. The summed E-state index contributed by atoms with van der Waals surface area (Å²) in [4.78, 5) is 2.10. The molecular formula is C12H16N4OS. The summed E-state index contributed by atoms with van der Waals surface area (Å²) >= 11 is 1.20. The first-order chi connectivity index (χ1) is 8.79. The van der Waals surface area contributed by atoms with Crippen molar-refractivity contribution in [2.24, 2.45) is 0 Å². The van der Waals surface area contributed by atoms with Gasteiger partial charge in [0.2, 0.25) is 0 Å². The van der Waals surface area contributed by atoms with Crippen LogP contribution in [0, 0.1) is 0 Å². The van der Waals surface area contributed by atoms with E-state index in [4.69, 9.17) is 10.8 Å². The van der Waals surface area contributed by atoms with Crippen molar-refractivity contribution in [3.8, 4) is 0 Å². The zero-order valence-corrected chi connectivity index (χ0v) is 10.8. The SMILES string of the molecule is Nc1snnc1CN(CCO)Cc1ccccc1. The molecule has 3 N–H and O–H groups in total. The largest absolute Gasteiger partial charge is 0.395 e. The minimum absolute atomic E-state index is 0.115. The van der Waals surface area contributed by atoms with Crippen LogP contribution in [0.2, 0.25) is 0 Å². The maximum atomic E-state index is 9.11. The normalized spacial score (nSPS) is 11.0. The van der Waals surface area contributed by atoms with Gasteiger partial charge >= 0.3 is 0 Å². The molecule has 0 spiro atoms. The lowest BCUT2D eigenvalue weighted by Crippen LogP contribution is -2.26. The Morgan fingerprint density at radius 3 is 2.61 bits per heavy atom. The predicted molar refractivity (Wildman–Crippen MR) is 72.0 cm³/mol. The Morgan fingerprint density at radius 2 is 2.00 bits per heavy atom.